The van der Waals surface area contributed by atoms with Crippen LogP contribution >= 0.6 is 0 Å². The number of benzene rings is 9. The van der Waals surface area contributed by atoms with Gasteiger partial charge in [-0.05, 0) is 125 Å². The third kappa shape index (κ3) is 8.54. The molecule has 0 spiro atoms. The van der Waals surface area contributed by atoms with Gasteiger partial charge in [-0.2, -0.15) is 26.3 Å². The van der Waals surface area contributed by atoms with Crippen LogP contribution in [0.1, 0.15) is 22.3 Å². The Kier molecular flexibility index (Phi) is 11.2. The van der Waals surface area contributed by atoms with Gasteiger partial charge in [0, 0.05) is 38.6 Å². The molecular weight excluding hydrogens is 901 g/mol. The zero-order valence-electron chi connectivity index (χ0n) is 38.3. The Balaban J connectivity index is 1.29. The largest absolute Gasteiger partial charge is 0.416 e. The van der Waals surface area contributed by atoms with Crippen LogP contribution in [0.2, 0.25) is 0 Å². The summed E-state index contributed by atoms with van der Waals surface area (Å²) < 4.78 is 90.8. The molecule has 2 aromatic heterocycles. The van der Waals surface area contributed by atoms with Gasteiger partial charge in [0.25, 0.3) is 0 Å². The third-order valence-corrected chi connectivity index (χ3v) is 13.1. The molecule has 11 aromatic rings. The van der Waals surface area contributed by atoms with Gasteiger partial charge in [0.05, 0.1) is 39.2 Å². The zero-order chi connectivity index (χ0) is 49.0. The number of rotatable bonds is 8. The third-order valence-electron chi connectivity index (χ3n) is 13.1. The fraction of sp³-hybridized carbons (Fsp3) is 0.0645. The van der Waals surface area contributed by atoms with Gasteiger partial charge in [0.15, 0.2) is 5.82 Å². The molecule has 0 atom stereocenters. The summed E-state index contributed by atoms with van der Waals surface area (Å²) in [5.41, 5.74) is 10.2. The molecule has 0 aliphatic heterocycles. The Morgan fingerprint density at radius 2 is 0.732 bits per heavy atom. The minimum atomic E-state index is -4.71. The quantitative estimate of drug-likeness (QED) is 0.142. The van der Waals surface area contributed by atoms with Crippen molar-refractivity contribution in [1.29, 1.82) is 0 Å². The molecule has 11 rings (SSSR count). The van der Waals surface area contributed by atoms with E-state index in [1.807, 2.05) is 146 Å². The first-order valence-corrected chi connectivity index (χ1v) is 23.0. The molecule has 0 bridgehead atoms. The van der Waals surface area contributed by atoms with Crippen molar-refractivity contribution in [3.8, 4) is 84.1 Å². The maximum atomic E-state index is 14.8. The highest BCUT2D eigenvalue weighted by Crippen LogP contribution is 2.47. The van der Waals surface area contributed by atoms with Gasteiger partial charge in [-0.25, -0.2) is 9.97 Å². The van der Waals surface area contributed by atoms with E-state index >= 15 is 0 Å². The molecule has 3 nitrogen and oxygen atoms in total. The molecule has 0 saturated heterocycles. The van der Waals surface area contributed by atoms with Crippen LogP contribution in [0.5, 0.6) is 0 Å². The van der Waals surface area contributed by atoms with E-state index < -0.39 is 23.5 Å². The molecule has 0 amide bonds. The molecule has 9 aromatic carbocycles. The number of alkyl halides is 6. The summed E-state index contributed by atoms with van der Waals surface area (Å²) >= 11 is 0. The standard InChI is InChI=1S/C62H41F6N3/c1-38-15-9-11-25-49(38)44-27-29-57-53(33-44)54-34-45(50-26-12-10-16-39(50)2)28-30-58(54)71(57)59-51(42-21-13-23-47(31-42)61(63,64)65)35-46(36-52(59)43-22-14-24-48(32-43)62(66,67)68)60-69-55(40-17-5-3-6-18-40)37-56(70-60)41-19-7-4-8-20-41/h3-37H,1-2H3. The molecule has 0 aliphatic carbocycles. The minimum absolute atomic E-state index is 0.190. The van der Waals surface area contributed by atoms with Gasteiger partial charge in [0.2, 0.25) is 0 Å². The second kappa shape index (κ2) is 17.8. The van der Waals surface area contributed by atoms with Crippen LogP contribution in [-0.2, 0) is 12.4 Å². The predicted octanol–water partition coefficient (Wildman–Crippen LogP) is 17.9. The first kappa shape index (κ1) is 44.9. The Hall–Kier alpha value is -8.56. The van der Waals surface area contributed by atoms with Crippen molar-refractivity contribution in [2.45, 2.75) is 26.2 Å². The lowest BCUT2D eigenvalue weighted by atomic mass is 9.91. The van der Waals surface area contributed by atoms with Crippen molar-refractivity contribution in [2.75, 3.05) is 0 Å². The van der Waals surface area contributed by atoms with E-state index in [2.05, 4.69) is 24.3 Å². The number of halogens is 6. The molecule has 9 heteroatoms. The first-order chi connectivity index (χ1) is 34.3. The SMILES string of the molecule is Cc1ccccc1-c1ccc2c(c1)c1cc(-c3ccccc3C)ccc1n2-c1c(-c2cccc(C(F)(F)F)c2)cc(-c2nc(-c3ccccc3)cc(-c3ccccc3)n2)cc1-c1cccc(C(F)(F)F)c1. The lowest BCUT2D eigenvalue weighted by Crippen LogP contribution is -2.07. The maximum Gasteiger partial charge on any atom is 0.416 e. The fourth-order valence-corrected chi connectivity index (χ4v) is 9.65. The van der Waals surface area contributed by atoms with E-state index in [4.69, 9.17) is 9.97 Å². The number of aryl methyl sites for hydroxylation is 2. The van der Waals surface area contributed by atoms with Gasteiger partial charge < -0.3 is 4.57 Å². The van der Waals surface area contributed by atoms with Crippen LogP contribution in [0.3, 0.4) is 0 Å². The van der Waals surface area contributed by atoms with Crippen molar-refractivity contribution < 1.29 is 26.3 Å². The summed E-state index contributed by atoms with van der Waals surface area (Å²) in [6.07, 6.45) is -9.42. The van der Waals surface area contributed by atoms with Crippen LogP contribution in [0.25, 0.3) is 106 Å². The Morgan fingerprint density at radius 3 is 1.15 bits per heavy atom. The highest BCUT2D eigenvalue weighted by Gasteiger charge is 2.33. The highest BCUT2D eigenvalue weighted by atomic mass is 19.4. The molecule has 71 heavy (non-hydrogen) atoms. The minimum Gasteiger partial charge on any atom is -0.308 e. The molecule has 0 N–H and O–H groups in total. The molecule has 0 aliphatic rings. The van der Waals surface area contributed by atoms with Crippen molar-refractivity contribution in [3.63, 3.8) is 0 Å². The van der Waals surface area contributed by atoms with E-state index in [9.17, 15) is 26.3 Å². The number of nitrogens with zero attached hydrogens (tertiary/aromatic N) is 3. The number of hydrogen-bond donors (Lipinski definition) is 0. The van der Waals surface area contributed by atoms with Crippen LogP contribution in [0.15, 0.2) is 212 Å². The average molecular weight is 942 g/mol. The number of fused-ring (bicyclic) bond motifs is 3. The van der Waals surface area contributed by atoms with Gasteiger partial charge in [-0.3, -0.25) is 0 Å². The van der Waals surface area contributed by atoms with Crippen LogP contribution in [0, 0.1) is 13.8 Å². The van der Waals surface area contributed by atoms with Crippen molar-refractivity contribution in [1.82, 2.24) is 14.5 Å². The molecule has 2 heterocycles. The summed E-state index contributed by atoms with van der Waals surface area (Å²) in [6.45, 7) is 4.09. The highest BCUT2D eigenvalue weighted by molar-refractivity contribution is 6.13. The van der Waals surface area contributed by atoms with E-state index in [1.54, 1.807) is 24.3 Å². The van der Waals surface area contributed by atoms with E-state index in [0.29, 0.717) is 44.8 Å². The molecule has 0 fully saturated rings. The molecule has 346 valence electrons. The Labute approximate surface area is 406 Å². The lowest BCUT2D eigenvalue weighted by Gasteiger charge is -2.22. The Bertz CT molecular complexity index is 3580. The predicted molar refractivity (Wildman–Crippen MR) is 274 cm³/mol. The normalized spacial score (nSPS) is 11.9. The molecular formula is C62H41F6N3. The summed E-state index contributed by atoms with van der Waals surface area (Å²) in [6, 6.07) is 63.0. The number of aromatic nitrogens is 3. The van der Waals surface area contributed by atoms with E-state index in [0.717, 1.165) is 79.5 Å². The van der Waals surface area contributed by atoms with Crippen LogP contribution < -0.4 is 0 Å². The second-order valence-corrected chi connectivity index (χ2v) is 17.7. The molecule has 0 unspecified atom stereocenters. The monoisotopic (exact) mass is 941 g/mol. The molecule has 0 saturated carbocycles. The molecule has 0 radical (unpaired) electrons. The van der Waals surface area contributed by atoms with Crippen LogP contribution in [0.4, 0.5) is 26.3 Å². The first-order valence-electron chi connectivity index (χ1n) is 23.0. The summed E-state index contributed by atoms with van der Waals surface area (Å²) in [7, 11) is 0. The number of hydrogen-bond acceptors (Lipinski definition) is 2. The van der Waals surface area contributed by atoms with E-state index in [-0.39, 0.29) is 17.0 Å². The van der Waals surface area contributed by atoms with E-state index in [1.165, 1.54) is 12.1 Å². The van der Waals surface area contributed by atoms with Crippen molar-refractivity contribution in [2.24, 2.45) is 0 Å². The lowest BCUT2D eigenvalue weighted by molar-refractivity contribution is -0.138. The summed E-state index contributed by atoms with van der Waals surface area (Å²) in [4.78, 5) is 10.2. The Morgan fingerprint density at radius 1 is 0.338 bits per heavy atom. The van der Waals surface area contributed by atoms with Crippen molar-refractivity contribution >= 4 is 21.8 Å². The second-order valence-electron chi connectivity index (χ2n) is 17.7. The summed E-state index contributed by atoms with van der Waals surface area (Å²) in [5, 5.41) is 1.69. The van der Waals surface area contributed by atoms with Crippen LogP contribution in [-0.4, -0.2) is 14.5 Å². The smallest absolute Gasteiger partial charge is 0.308 e. The van der Waals surface area contributed by atoms with Gasteiger partial charge >= 0.3 is 12.4 Å². The van der Waals surface area contributed by atoms with Gasteiger partial charge in [-0.1, -0.05) is 146 Å². The van der Waals surface area contributed by atoms with Crippen molar-refractivity contribution in [3.05, 3.63) is 235 Å². The fourth-order valence-electron chi connectivity index (χ4n) is 9.65. The average Bonchev–Trinajstić information content (AvgIpc) is 3.71. The maximum absolute atomic E-state index is 14.8. The van der Waals surface area contributed by atoms with Gasteiger partial charge in [0.1, 0.15) is 0 Å². The van der Waals surface area contributed by atoms with Gasteiger partial charge in [-0.15, -0.1) is 0 Å². The zero-order valence-corrected chi connectivity index (χ0v) is 38.3. The topological polar surface area (TPSA) is 30.7 Å². The summed E-state index contributed by atoms with van der Waals surface area (Å²) in [5.74, 6) is 0.228.